The Hall–Kier alpha value is -4.58. The highest BCUT2D eigenvalue weighted by atomic mass is 31.2. The van der Waals surface area contributed by atoms with Gasteiger partial charge in [-0.3, -0.25) is 14.1 Å². The molecule has 0 saturated carbocycles. The number of nitrogen functional groups attached to an aromatic ring is 1. The number of nitrogens with one attached hydrogen (secondary N) is 1. The molecule has 0 amide bonds. The number of esters is 2. The van der Waals surface area contributed by atoms with Gasteiger partial charge in [-0.2, -0.15) is 15.4 Å². The van der Waals surface area contributed by atoms with Gasteiger partial charge in [-0.05, 0) is 44.4 Å². The van der Waals surface area contributed by atoms with Crippen LogP contribution < -0.4 is 15.3 Å². The van der Waals surface area contributed by atoms with Crippen LogP contribution in [0.2, 0.25) is 0 Å². The van der Waals surface area contributed by atoms with E-state index in [1.165, 1.54) is 30.8 Å². The highest BCUT2D eigenvalue weighted by Gasteiger charge is 2.67. The van der Waals surface area contributed by atoms with Crippen molar-refractivity contribution in [2.75, 3.05) is 18.9 Å². The topological polar surface area (TPSA) is 210 Å². The van der Waals surface area contributed by atoms with Gasteiger partial charge in [-0.1, -0.05) is 50.2 Å². The molecule has 1 aliphatic rings. The van der Waals surface area contributed by atoms with Gasteiger partial charge in [-0.15, -0.1) is 0 Å². The number of nitrogens with two attached hydrogens (primary N) is 1. The van der Waals surface area contributed by atoms with Crippen molar-refractivity contribution >= 4 is 41.8 Å². The highest BCUT2D eigenvalue weighted by Crippen LogP contribution is 2.51. The van der Waals surface area contributed by atoms with E-state index in [1.54, 1.807) is 51.1 Å². The summed E-state index contributed by atoms with van der Waals surface area (Å²) >= 11 is 0. The van der Waals surface area contributed by atoms with E-state index in [0.717, 1.165) is 5.39 Å². The van der Waals surface area contributed by atoms with Crippen LogP contribution in [0.15, 0.2) is 60.9 Å². The van der Waals surface area contributed by atoms with Crippen LogP contribution >= 0.6 is 7.75 Å². The number of hydrogen-bond donors (Lipinski definition) is 3. The number of carbonyl (C=O) groups excluding carboxylic acids is 2. The Bertz CT molecular complexity index is 1920. The molecule has 5 rings (SSSR count). The minimum atomic E-state index is -4.49. The molecule has 1 fully saturated rings. The largest absolute Gasteiger partial charge is 0.465 e. The Morgan fingerprint density at radius 1 is 1.17 bits per heavy atom. The molecule has 3 heterocycles. The molecule has 254 valence electrons. The first kappa shape index (κ1) is 34.7. The third kappa shape index (κ3) is 6.33. The van der Waals surface area contributed by atoms with Crippen molar-refractivity contribution in [2.45, 2.75) is 64.1 Å². The standard InChI is InChI=1S/C32H37N6O9P/c1-6-43-30(40)20(4)37-48(42,47-24-13-9-11-21-10-7-8-12-22(21)24)44-16-25-27(45-29(39)19(2)3)31(5,41)32(17-33,46-25)26-15-14-23-28(34)35-18-36-38(23)26/h7-15,18-20,25,27,41H,6,16H2,1-5H3,(H,37,42)(H2,34,35,36)/t20-,25?,27+,31+,32-,48?/m0/s1. The zero-order valence-electron chi connectivity index (χ0n) is 27.0. The summed E-state index contributed by atoms with van der Waals surface area (Å²) in [7, 11) is -4.49. The Balaban J connectivity index is 1.54. The molecule has 0 spiro atoms. The number of rotatable bonds is 12. The van der Waals surface area contributed by atoms with E-state index in [9.17, 15) is 24.5 Å². The lowest BCUT2D eigenvalue weighted by atomic mass is 9.80. The average molecular weight is 681 g/mol. The number of hydrogen-bond acceptors (Lipinski definition) is 13. The maximum absolute atomic E-state index is 14.5. The molecule has 15 nitrogen and oxygen atoms in total. The lowest BCUT2D eigenvalue weighted by molar-refractivity contribution is -0.168. The SMILES string of the molecule is CCOC(=O)[C@H](C)NP(=O)(OCC1O[C@@](C#N)(c2ccc3c(N)ncnn23)[C@](C)(O)[C@@H]1OC(=O)C(C)C)Oc1cccc2ccccc12. The molecule has 2 unspecified atom stereocenters. The Labute approximate surface area is 276 Å². The summed E-state index contributed by atoms with van der Waals surface area (Å²) in [5.74, 6) is -1.73. The predicted molar refractivity (Wildman–Crippen MR) is 172 cm³/mol. The van der Waals surface area contributed by atoms with Crippen molar-refractivity contribution in [1.29, 1.82) is 5.26 Å². The monoisotopic (exact) mass is 680 g/mol. The molecule has 48 heavy (non-hydrogen) atoms. The van der Waals surface area contributed by atoms with Crippen molar-refractivity contribution in [3.8, 4) is 11.8 Å². The summed E-state index contributed by atoms with van der Waals surface area (Å²) in [6, 6.07) is 16.3. The first-order valence-corrected chi connectivity index (χ1v) is 16.8. The fourth-order valence-corrected chi connectivity index (χ4v) is 7.02. The van der Waals surface area contributed by atoms with Crippen LogP contribution in [0, 0.1) is 17.2 Å². The van der Waals surface area contributed by atoms with Crippen molar-refractivity contribution in [3.63, 3.8) is 0 Å². The number of aliphatic hydroxyl groups is 1. The maximum Gasteiger partial charge on any atom is 0.459 e. The van der Waals surface area contributed by atoms with Gasteiger partial charge in [0.25, 0.3) is 0 Å². The van der Waals surface area contributed by atoms with E-state index in [1.807, 2.05) is 24.3 Å². The van der Waals surface area contributed by atoms with Crippen LogP contribution in [0.4, 0.5) is 5.82 Å². The molecule has 6 atom stereocenters. The third-order valence-corrected chi connectivity index (χ3v) is 9.65. The fraction of sp³-hybridized carbons (Fsp3) is 0.406. The molecule has 2 aromatic heterocycles. The molecule has 1 aliphatic heterocycles. The van der Waals surface area contributed by atoms with Gasteiger partial charge >= 0.3 is 19.7 Å². The first-order chi connectivity index (χ1) is 22.8. The van der Waals surface area contributed by atoms with Crippen LogP contribution in [-0.4, -0.2) is 68.7 Å². The molecule has 16 heteroatoms. The highest BCUT2D eigenvalue weighted by molar-refractivity contribution is 7.52. The number of benzene rings is 2. The smallest absolute Gasteiger partial charge is 0.459 e. The molecule has 0 bridgehead atoms. The number of nitrogens with zero attached hydrogens (tertiary/aromatic N) is 4. The van der Waals surface area contributed by atoms with Gasteiger partial charge in [0.15, 0.2) is 11.9 Å². The minimum Gasteiger partial charge on any atom is -0.465 e. The van der Waals surface area contributed by atoms with E-state index in [4.69, 9.17) is 29.0 Å². The van der Waals surface area contributed by atoms with Gasteiger partial charge in [0.2, 0.25) is 5.60 Å². The summed E-state index contributed by atoms with van der Waals surface area (Å²) in [5.41, 5.74) is 1.99. The van der Waals surface area contributed by atoms with Crippen molar-refractivity contribution < 1.29 is 42.5 Å². The van der Waals surface area contributed by atoms with Gasteiger partial charge in [0, 0.05) is 5.39 Å². The van der Waals surface area contributed by atoms with Crippen LogP contribution in [0.25, 0.3) is 16.3 Å². The van der Waals surface area contributed by atoms with Crippen molar-refractivity contribution in [3.05, 3.63) is 66.6 Å². The van der Waals surface area contributed by atoms with Gasteiger partial charge < -0.3 is 29.6 Å². The van der Waals surface area contributed by atoms with Crippen LogP contribution in [0.3, 0.4) is 0 Å². The van der Waals surface area contributed by atoms with Crippen molar-refractivity contribution in [1.82, 2.24) is 19.7 Å². The summed E-state index contributed by atoms with van der Waals surface area (Å²) in [6.07, 6.45) is -1.74. The van der Waals surface area contributed by atoms with E-state index < -0.39 is 61.7 Å². The molecule has 4 N–H and O–H groups in total. The van der Waals surface area contributed by atoms with Crippen LogP contribution in [-0.2, 0) is 38.5 Å². The Morgan fingerprint density at radius 3 is 2.60 bits per heavy atom. The predicted octanol–water partition coefficient (Wildman–Crippen LogP) is 3.65. The maximum atomic E-state index is 14.5. The minimum absolute atomic E-state index is 0.0662. The lowest BCUT2D eigenvalue weighted by Crippen LogP contribution is -2.54. The molecular weight excluding hydrogens is 643 g/mol. The number of fused-ring (bicyclic) bond motifs is 2. The molecule has 0 radical (unpaired) electrons. The van der Waals surface area contributed by atoms with Crippen molar-refractivity contribution in [2.24, 2.45) is 5.92 Å². The van der Waals surface area contributed by atoms with Gasteiger partial charge in [0.05, 0.1) is 24.8 Å². The molecule has 4 aromatic rings. The summed E-state index contributed by atoms with van der Waals surface area (Å²) < 4.78 is 44.8. The van der Waals surface area contributed by atoms with E-state index >= 15 is 0 Å². The third-order valence-electron chi connectivity index (χ3n) is 8.02. The molecular formula is C32H37N6O9P. The quantitative estimate of drug-likeness (QED) is 0.144. The zero-order chi connectivity index (χ0) is 34.9. The molecule has 0 aliphatic carbocycles. The summed E-state index contributed by atoms with van der Waals surface area (Å²) in [6.45, 7) is 6.98. The van der Waals surface area contributed by atoms with Crippen LogP contribution in [0.5, 0.6) is 5.75 Å². The lowest BCUT2D eigenvalue weighted by Gasteiger charge is -2.34. The summed E-state index contributed by atoms with van der Waals surface area (Å²) in [5, 5.41) is 30.9. The number of anilines is 1. The fourth-order valence-electron chi connectivity index (χ4n) is 5.50. The van der Waals surface area contributed by atoms with Gasteiger partial charge in [0.1, 0.15) is 41.4 Å². The Morgan fingerprint density at radius 2 is 1.90 bits per heavy atom. The zero-order valence-corrected chi connectivity index (χ0v) is 27.9. The first-order valence-electron chi connectivity index (χ1n) is 15.2. The number of aromatic nitrogens is 3. The second-order valence-electron chi connectivity index (χ2n) is 11.7. The second kappa shape index (κ2) is 13.5. The number of carbonyl (C=O) groups is 2. The number of ether oxygens (including phenoxy) is 3. The molecule has 2 aromatic carbocycles. The van der Waals surface area contributed by atoms with E-state index in [0.29, 0.717) is 10.9 Å². The Kier molecular flexibility index (Phi) is 9.77. The normalized spacial score (nSPS) is 24.2. The number of nitriles is 1. The van der Waals surface area contributed by atoms with E-state index in [-0.39, 0.29) is 23.9 Å². The molecule has 1 saturated heterocycles. The second-order valence-corrected chi connectivity index (χ2v) is 13.4. The van der Waals surface area contributed by atoms with Crippen LogP contribution in [0.1, 0.15) is 40.3 Å². The van der Waals surface area contributed by atoms with Gasteiger partial charge in [-0.25, -0.2) is 14.1 Å². The van der Waals surface area contributed by atoms with E-state index in [2.05, 4.69) is 15.2 Å². The summed E-state index contributed by atoms with van der Waals surface area (Å²) in [4.78, 5) is 29.5. The average Bonchev–Trinajstić information content (AvgIpc) is 3.58.